The smallest absolute Gasteiger partial charge is 0.256 e. The van der Waals surface area contributed by atoms with Gasteiger partial charge in [-0.1, -0.05) is 60.9 Å². The maximum atomic E-state index is 13.2. The van der Waals surface area contributed by atoms with E-state index in [2.05, 4.69) is 20.9 Å². The summed E-state index contributed by atoms with van der Waals surface area (Å²) in [6.45, 7) is 4.00. The summed E-state index contributed by atoms with van der Waals surface area (Å²) in [4.78, 5) is 43.3. The molecular formula is C31H32N4O3S2. The second-order valence-corrected chi connectivity index (χ2v) is 12.4. The average molecular weight is 573 g/mol. The number of amides is 3. The van der Waals surface area contributed by atoms with Crippen LogP contribution in [0.2, 0.25) is 0 Å². The van der Waals surface area contributed by atoms with Crippen molar-refractivity contribution in [3.8, 4) is 0 Å². The van der Waals surface area contributed by atoms with Gasteiger partial charge in [-0.3, -0.25) is 14.4 Å². The predicted molar refractivity (Wildman–Crippen MR) is 164 cm³/mol. The van der Waals surface area contributed by atoms with Crippen LogP contribution in [0.5, 0.6) is 0 Å². The Balaban J connectivity index is 1.22. The number of fused-ring (bicyclic) bond motifs is 1. The quantitative estimate of drug-likeness (QED) is 0.198. The molecule has 0 spiro atoms. The molecule has 0 saturated heterocycles. The summed E-state index contributed by atoms with van der Waals surface area (Å²) in [5, 5.41) is 9.00. The van der Waals surface area contributed by atoms with Crippen LogP contribution in [0.3, 0.4) is 0 Å². The van der Waals surface area contributed by atoms with Gasteiger partial charge in [-0.15, -0.1) is 11.3 Å². The van der Waals surface area contributed by atoms with E-state index in [-0.39, 0.29) is 29.5 Å². The number of hydrogen-bond donors (Lipinski definition) is 3. The minimum atomic E-state index is -0.337. The van der Waals surface area contributed by atoms with Gasteiger partial charge in [-0.2, -0.15) is 0 Å². The molecule has 7 nitrogen and oxygen atoms in total. The van der Waals surface area contributed by atoms with E-state index in [4.69, 9.17) is 0 Å². The van der Waals surface area contributed by atoms with Gasteiger partial charge in [-0.25, -0.2) is 4.98 Å². The fourth-order valence-electron chi connectivity index (χ4n) is 4.90. The van der Waals surface area contributed by atoms with Gasteiger partial charge in [0.25, 0.3) is 11.8 Å². The number of nitrogens with one attached hydrogen (secondary N) is 3. The number of hydrogen-bond acceptors (Lipinski definition) is 6. The number of aromatic nitrogens is 1. The number of carbonyl (C=O) groups excluding carboxylic acids is 3. The van der Waals surface area contributed by atoms with Crippen molar-refractivity contribution in [3.05, 3.63) is 82.9 Å². The number of benzene rings is 3. The van der Waals surface area contributed by atoms with E-state index in [0.29, 0.717) is 16.8 Å². The van der Waals surface area contributed by atoms with Crippen LogP contribution in [0.1, 0.15) is 63.9 Å². The normalized spacial score (nSPS) is 13.7. The summed E-state index contributed by atoms with van der Waals surface area (Å²) in [6, 6.07) is 18.5. The minimum absolute atomic E-state index is 0.0876. The third-order valence-corrected chi connectivity index (χ3v) is 9.13. The lowest BCUT2D eigenvalue weighted by Crippen LogP contribution is -2.37. The van der Waals surface area contributed by atoms with Crippen LogP contribution in [-0.4, -0.2) is 34.5 Å². The number of thioether (sulfide) groups is 1. The van der Waals surface area contributed by atoms with Crippen molar-refractivity contribution in [1.29, 1.82) is 0 Å². The van der Waals surface area contributed by atoms with Crippen molar-refractivity contribution < 1.29 is 14.4 Å². The highest BCUT2D eigenvalue weighted by Crippen LogP contribution is 2.32. The fraction of sp³-hybridized carbons (Fsp3) is 0.290. The molecule has 4 aromatic rings. The van der Waals surface area contributed by atoms with Crippen molar-refractivity contribution in [2.45, 2.75) is 56.3 Å². The SMILES string of the molecule is Cc1ccc(NC(=O)CSc2nc3ccc(NC(=O)c4ccccc4C(=O)NC4CCCCC4)cc3s2)c(C)c1. The Labute approximate surface area is 242 Å². The molecule has 1 aliphatic carbocycles. The van der Waals surface area contributed by atoms with Crippen LogP contribution in [0.25, 0.3) is 10.2 Å². The second-order valence-electron chi connectivity index (χ2n) is 10.1. The number of anilines is 2. The van der Waals surface area contributed by atoms with Gasteiger partial charge in [0.1, 0.15) is 0 Å². The standard InChI is InChI=1S/C31H32N4O3S2/c1-19-12-14-25(20(2)16-19)34-28(36)18-39-31-35-26-15-13-22(17-27(26)40-31)33-30(38)24-11-7-6-10-23(24)29(37)32-21-8-4-3-5-9-21/h6-7,10-17,21H,3-5,8-9,18H2,1-2H3,(H,32,37)(H,33,38)(H,34,36). The van der Waals surface area contributed by atoms with Crippen molar-refractivity contribution in [3.63, 3.8) is 0 Å². The van der Waals surface area contributed by atoms with Gasteiger partial charge in [0.2, 0.25) is 5.91 Å². The van der Waals surface area contributed by atoms with Gasteiger partial charge < -0.3 is 16.0 Å². The molecule has 1 aromatic heterocycles. The van der Waals surface area contributed by atoms with Gasteiger partial charge in [0, 0.05) is 17.4 Å². The molecule has 0 bridgehead atoms. The van der Waals surface area contributed by atoms with E-state index >= 15 is 0 Å². The number of rotatable bonds is 8. The summed E-state index contributed by atoms with van der Waals surface area (Å²) in [6.07, 6.45) is 5.40. The van der Waals surface area contributed by atoms with E-state index in [1.807, 2.05) is 44.2 Å². The van der Waals surface area contributed by atoms with Gasteiger partial charge in [-0.05, 0) is 68.7 Å². The zero-order chi connectivity index (χ0) is 28.1. The second kappa shape index (κ2) is 12.7. The van der Waals surface area contributed by atoms with Gasteiger partial charge in [0.05, 0.1) is 27.1 Å². The summed E-state index contributed by atoms with van der Waals surface area (Å²) >= 11 is 2.85. The molecular weight excluding hydrogens is 541 g/mol. The molecule has 5 rings (SSSR count). The highest BCUT2D eigenvalue weighted by Gasteiger charge is 2.21. The molecule has 1 aliphatic rings. The monoisotopic (exact) mass is 572 g/mol. The number of aryl methyl sites for hydroxylation is 2. The minimum Gasteiger partial charge on any atom is -0.349 e. The Bertz CT molecular complexity index is 1560. The fourth-order valence-corrected chi connectivity index (χ4v) is 6.81. The van der Waals surface area contributed by atoms with E-state index < -0.39 is 0 Å². The zero-order valence-electron chi connectivity index (χ0n) is 22.6. The Morgan fingerprint density at radius 3 is 2.40 bits per heavy atom. The third kappa shape index (κ3) is 6.89. The maximum Gasteiger partial charge on any atom is 0.256 e. The third-order valence-electron chi connectivity index (χ3n) is 6.97. The highest BCUT2D eigenvalue weighted by atomic mass is 32.2. The molecule has 206 valence electrons. The number of carbonyl (C=O) groups is 3. The molecule has 0 unspecified atom stereocenters. The lowest BCUT2D eigenvalue weighted by atomic mass is 9.95. The molecule has 9 heteroatoms. The van der Waals surface area contributed by atoms with Crippen LogP contribution in [-0.2, 0) is 4.79 Å². The lowest BCUT2D eigenvalue weighted by Gasteiger charge is -2.23. The topological polar surface area (TPSA) is 100 Å². The molecule has 1 saturated carbocycles. The molecule has 1 heterocycles. The van der Waals surface area contributed by atoms with Crippen molar-refractivity contribution in [1.82, 2.24) is 10.3 Å². The first-order chi connectivity index (χ1) is 19.4. The molecule has 0 atom stereocenters. The van der Waals surface area contributed by atoms with Gasteiger partial charge >= 0.3 is 0 Å². The summed E-state index contributed by atoms with van der Waals surface area (Å²) in [7, 11) is 0. The van der Waals surface area contributed by atoms with E-state index in [0.717, 1.165) is 57.1 Å². The van der Waals surface area contributed by atoms with Crippen LogP contribution in [0, 0.1) is 13.8 Å². The van der Waals surface area contributed by atoms with E-state index in [1.165, 1.54) is 29.5 Å². The largest absolute Gasteiger partial charge is 0.349 e. The molecule has 1 fully saturated rings. The highest BCUT2D eigenvalue weighted by molar-refractivity contribution is 8.01. The van der Waals surface area contributed by atoms with Crippen LogP contribution < -0.4 is 16.0 Å². The molecule has 3 N–H and O–H groups in total. The first-order valence-corrected chi connectivity index (χ1v) is 15.3. The maximum absolute atomic E-state index is 13.2. The Morgan fingerprint density at radius 1 is 0.900 bits per heavy atom. The lowest BCUT2D eigenvalue weighted by molar-refractivity contribution is -0.113. The number of nitrogens with zero attached hydrogens (tertiary/aromatic N) is 1. The van der Waals surface area contributed by atoms with Crippen molar-refractivity contribution >= 4 is 62.4 Å². The van der Waals surface area contributed by atoms with E-state index in [1.54, 1.807) is 30.3 Å². The van der Waals surface area contributed by atoms with Crippen LogP contribution >= 0.6 is 23.1 Å². The Hall–Kier alpha value is -3.69. The summed E-state index contributed by atoms with van der Waals surface area (Å²) in [5.74, 6) is -0.388. The first-order valence-electron chi connectivity index (χ1n) is 13.5. The Morgan fingerprint density at radius 2 is 1.65 bits per heavy atom. The molecule has 40 heavy (non-hydrogen) atoms. The van der Waals surface area contributed by atoms with Crippen molar-refractivity contribution in [2.24, 2.45) is 0 Å². The molecule has 3 amide bonds. The predicted octanol–water partition coefficient (Wildman–Crippen LogP) is 6.96. The molecule has 0 radical (unpaired) electrons. The molecule has 3 aromatic carbocycles. The first kappa shape index (κ1) is 27.9. The van der Waals surface area contributed by atoms with Gasteiger partial charge in [0.15, 0.2) is 4.34 Å². The molecule has 0 aliphatic heterocycles. The van der Waals surface area contributed by atoms with Crippen LogP contribution in [0.4, 0.5) is 11.4 Å². The summed E-state index contributed by atoms with van der Waals surface area (Å²) < 4.78 is 1.68. The van der Waals surface area contributed by atoms with E-state index in [9.17, 15) is 14.4 Å². The average Bonchev–Trinajstić information content (AvgIpc) is 3.36. The Kier molecular flexibility index (Phi) is 8.81. The zero-order valence-corrected chi connectivity index (χ0v) is 24.2. The van der Waals surface area contributed by atoms with Crippen LogP contribution in [0.15, 0.2) is 65.0 Å². The van der Waals surface area contributed by atoms with Crippen molar-refractivity contribution in [2.75, 3.05) is 16.4 Å². The number of thiazole rings is 1. The summed E-state index contributed by atoms with van der Waals surface area (Å²) in [5.41, 5.74) is 5.13.